The van der Waals surface area contributed by atoms with Gasteiger partial charge in [0, 0.05) is 18.0 Å². The molecule has 0 saturated heterocycles. The van der Waals surface area contributed by atoms with Crippen LogP contribution in [-0.2, 0) is 0 Å². The van der Waals surface area contributed by atoms with Crippen LogP contribution in [-0.4, -0.2) is 24.7 Å². The largest absolute Gasteiger partial charge is 0.368 e. The Morgan fingerprint density at radius 1 is 1.20 bits per heavy atom. The number of hydrogen-bond acceptors (Lipinski definition) is 6. The molecule has 0 bridgehead atoms. The first kappa shape index (κ1) is 12.4. The van der Waals surface area contributed by atoms with Crippen molar-refractivity contribution < 1.29 is 0 Å². The van der Waals surface area contributed by atoms with Crippen molar-refractivity contribution in [2.45, 2.75) is 47.8 Å². The Balaban J connectivity index is 1.68. The third-order valence-electron chi connectivity index (χ3n) is 3.43. The van der Waals surface area contributed by atoms with E-state index in [0.717, 1.165) is 11.0 Å². The van der Waals surface area contributed by atoms with Gasteiger partial charge in [0.1, 0.15) is 16.0 Å². The van der Waals surface area contributed by atoms with Crippen LogP contribution < -0.4 is 5.73 Å². The number of hydrogen-bond donors (Lipinski definition) is 1. The molecule has 0 spiro atoms. The molecular weight excluding hydrogens is 296 g/mol. The topological polar surface area (TPSA) is 82.5 Å². The summed E-state index contributed by atoms with van der Waals surface area (Å²) in [6, 6.07) is 2.25. The Hall–Kier alpha value is -1.34. The summed E-state index contributed by atoms with van der Waals surface area (Å²) in [5.74, 6) is 1.90. The van der Waals surface area contributed by atoms with Gasteiger partial charge in [0.25, 0.3) is 0 Å². The summed E-state index contributed by atoms with van der Waals surface area (Å²) >= 11 is 7.36. The Morgan fingerprint density at radius 2 is 2.00 bits per heavy atom. The van der Waals surface area contributed by atoms with E-state index >= 15 is 0 Å². The van der Waals surface area contributed by atoms with Crippen molar-refractivity contribution >= 4 is 29.3 Å². The van der Waals surface area contributed by atoms with Gasteiger partial charge >= 0.3 is 0 Å². The van der Waals surface area contributed by atoms with Crippen molar-refractivity contribution in [3.8, 4) is 0 Å². The maximum Gasteiger partial charge on any atom is 0.222 e. The Morgan fingerprint density at radius 3 is 2.65 bits per heavy atom. The quantitative estimate of drug-likeness (QED) is 0.874. The zero-order chi connectivity index (χ0) is 13.7. The molecule has 8 heteroatoms. The molecule has 0 aromatic carbocycles. The average Bonchev–Trinajstić information content (AvgIpc) is 3.28. The first-order valence-corrected chi connectivity index (χ1v) is 7.83. The number of rotatable bonds is 4. The van der Waals surface area contributed by atoms with Crippen molar-refractivity contribution in [3.63, 3.8) is 0 Å². The minimum atomic E-state index is 0.180. The monoisotopic (exact) mass is 308 g/mol. The molecule has 0 atom stereocenters. The summed E-state index contributed by atoms with van der Waals surface area (Å²) in [5.41, 5.74) is 5.62. The molecule has 2 aromatic heterocycles. The van der Waals surface area contributed by atoms with Crippen LogP contribution in [0.15, 0.2) is 16.2 Å². The van der Waals surface area contributed by atoms with Crippen LogP contribution >= 0.6 is 23.4 Å². The maximum atomic E-state index is 5.91. The Kier molecular flexibility index (Phi) is 2.85. The molecule has 0 amide bonds. The molecule has 2 N–H and O–H groups in total. The standard InChI is InChI=1S/C12H13ClN6S/c13-8-5-9(16-11(14)15-8)20-12-18-17-10(6-1-2-6)19(12)7-3-4-7/h5-7H,1-4H2,(H2,14,15,16). The fraction of sp³-hybridized carbons (Fsp3) is 0.500. The lowest BCUT2D eigenvalue weighted by Gasteiger charge is -2.07. The molecule has 6 nitrogen and oxygen atoms in total. The highest BCUT2D eigenvalue weighted by Gasteiger charge is 2.36. The van der Waals surface area contributed by atoms with E-state index in [9.17, 15) is 0 Å². The van der Waals surface area contributed by atoms with Gasteiger partial charge in [0.15, 0.2) is 5.16 Å². The second kappa shape index (κ2) is 4.60. The van der Waals surface area contributed by atoms with Gasteiger partial charge in [0.05, 0.1) is 0 Å². The van der Waals surface area contributed by atoms with E-state index in [1.807, 2.05) is 0 Å². The number of nitrogens with zero attached hydrogens (tertiary/aromatic N) is 5. The molecule has 4 rings (SSSR count). The molecule has 2 fully saturated rings. The zero-order valence-corrected chi connectivity index (χ0v) is 12.2. The van der Waals surface area contributed by atoms with Gasteiger partial charge in [-0.15, -0.1) is 10.2 Å². The highest BCUT2D eigenvalue weighted by Crippen LogP contribution is 2.46. The van der Waals surface area contributed by atoms with Crippen LogP contribution in [0.5, 0.6) is 0 Å². The van der Waals surface area contributed by atoms with E-state index in [-0.39, 0.29) is 5.95 Å². The lowest BCUT2D eigenvalue weighted by Crippen LogP contribution is -2.02. The summed E-state index contributed by atoms with van der Waals surface area (Å²) in [4.78, 5) is 8.05. The van der Waals surface area contributed by atoms with Gasteiger partial charge in [-0.1, -0.05) is 11.6 Å². The molecule has 0 aliphatic heterocycles. The number of anilines is 1. The SMILES string of the molecule is Nc1nc(Cl)cc(Sc2nnc(C3CC3)n2C2CC2)n1. The minimum Gasteiger partial charge on any atom is -0.368 e. The Labute approximate surface area is 125 Å². The van der Waals surface area contributed by atoms with Gasteiger partial charge in [-0.3, -0.25) is 0 Å². The molecule has 20 heavy (non-hydrogen) atoms. The van der Waals surface area contributed by atoms with Gasteiger partial charge in [0.2, 0.25) is 5.95 Å². The summed E-state index contributed by atoms with van der Waals surface area (Å²) in [6.07, 6.45) is 4.86. The van der Waals surface area contributed by atoms with Crippen LogP contribution in [0, 0.1) is 0 Å². The highest BCUT2D eigenvalue weighted by molar-refractivity contribution is 7.99. The first-order chi connectivity index (χ1) is 9.70. The summed E-state index contributed by atoms with van der Waals surface area (Å²) in [7, 11) is 0. The van der Waals surface area contributed by atoms with Gasteiger partial charge in [-0.05, 0) is 37.4 Å². The molecule has 2 saturated carbocycles. The van der Waals surface area contributed by atoms with E-state index < -0.39 is 0 Å². The maximum absolute atomic E-state index is 5.91. The van der Waals surface area contributed by atoms with Crippen molar-refractivity contribution in [2.75, 3.05) is 5.73 Å². The molecule has 2 aromatic rings. The van der Waals surface area contributed by atoms with Crippen LogP contribution in [0.25, 0.3) is 0 Å². The van der Waals surface area contributed by atoms with E-state index in [2.05, 4.69) is 24.7 Å². The number of nitrogen functional groups attached to an aromatic ring is 1. The third kappa shape index (κ3) is 2.35. The average molecular weight is 309 g/mol. The van der Waals surface area contributed by atoms with Crippen molar-refractivity contribution in [1.29, 1.82) is 0 Å². The summed E-state index contributed by atoms with van der Waals surface area (Å²) < 4.78 is 2.27. The normalized spacial score (nSPS) is 18.4. The van der Waals surface area contributed by atoms with Crippen LogP contribution in [0.4, 0.5) is 5.95 Å². The summed E-state index contributed by atoms with van der Waals surface area (Å²) in [6.45, 7) is 0. The van der Waals surface area contributed by atoms with Crippen molar-refractivity contribution in [1.82, 2.24) is 24.7 Å². The molecule has 0 radical (unpaired) electrons. The number of halogens is 1. The summed E-state index contributed by atoms with van der Waals surface area (Å²) in [5, 5.41) is 10.6. The molecule has 0 unspecified atom stereocenters. The lowest BCUT2D eigenvalue weighted by atomic mass is 10.4. The molecule has 2 aliphatic rings. The van der Waals surface area contributed by atoms with Crippen molar-refractivity contribution in [2.24, 2.45) is 0 Å². The fourth-order valence-electron chi connectivity index (χ4n) is 2.21. The Bertz CT molecular complexity index is 644. The highest BCUT2D eigenvalue weighted by atomic mass is 35.5. The fourth-order valence-corrected chi connectivity index (χ4v) is 3.39. The number of nitrogens with two attached hydrogens (primary N) is 1. The van der Waals surface area contributed by atoms with E-state index in [0.29, 0.717) is 22.1 Å². The smallest absolute Gasteiger partial charge is 0.222 e. The molecular formula is C12H13ClN6S. The van der Waals surface area contributed by atoms with E-state index in [1.165, 1.54) is 37.4 Å². The zero-order valence-electron chi connectivity index (χ0n) is 10.7. The van der Waals surface area contributed by atoms with Gasteiger partial charge in [-0.2, -0.15) is 0 Å². The van der Waals surface area contributed by atoms with E-state index in [4.69, 9.17) is 17.3 Å². The van der Waals surface area contributed by atoms with E-state index in [1.54, 1.807) is 6.07 Å². The molecule has 2 aliphatic carbocycles. The second-order valence-corrected chi connectivity index (χ2v) is 6.58. The second-order valence-electron chi connectivity index (χ2n) is 5.21. The molecule has 2 heterocycles. The number of aromatic nitrogens is 5. The minimum absolute atomic E-state index is 0.180. The third-order valence-corrected chi connectivity index (χ3v) is 4.50. The first-order valence-electron chi connectivity index (χ1n) is 6.63. The van der Waals surface area contributed by atoms with Crippen LogP contribution in [0.1, 0.15) is 43.5 Å². The van der Waals surface area contributed by atoms with Gasteiger partial charge < -0.3 is 10.3 Å². The lowest BCUT2D eigenvalue weighted by molar-refractivity contribution is 0.626. The van der Waals surface area contributed by atoms with Crippen LogP contribution in [0.2, 0.25) is 5.15 Å². The van der Waals surface area contributed by atoms with Crippen molar-refractivity contribution in [3.05, 3.63) is 17.0 Å². The predicted octanol–water partition coefficient (Wildman–Crippen LogP) is 2.67. The molecule has 104 valence electrons. The van der Waals surface area contributed by atoms with Crippen LogP contribution in [0.3, 0.4) is 0 Å². The van der Waals surface area contributed by atoms with Gasteiger partial charge in [-0.25, -0.2) is 9.97 Å². The predicted molar refractivity (Wildman–Crippen MR) is 75.8 cm³/mol.